The summed E-state index contributed by atoms with van der Waals surface area (Å²) >= 11 is 0. The van der Waals surface area contributed by atoms with Gasteiger partial charge < -0.3 is 15.6 Å². The first-order chi connectivity index (χ1) is 6.20. The number of phenols is 1. The van der Waals surface area contributed by atoms with Crippen LogP contribution in [0.15, 0.2) is 30.9 Å². The molecule has 0 radical (unpaired) electrons. The Morgan fingerprint density at radius 2 is 2.31 bits per heavy atom. The van der Waals surface area contributed by atoms with Crippen LogP contribution in [0.4, 0.5) is 0 Å². The van der Waals surface area contributed by atoms with E-state index in [1.807, 2.05) is 0 Å². The fraction of sp³-hybridized carbons (Fsp3) is 0.200. The van der Waals surface area contributed by atoms with E-state index in [2.05, 4.69) is 6.58 Å². The molecule has 0 aliphatic heterocycles. The summed E-state index contributed by atoms with van der Waals surface area (Å²) in [6.07, 6.45) is 1.56. The lowest BCUT2D eigenvalue weighted by molar-refractivity contribution is 0.370. The summed E-state index contributed by atoms with van der Waals surface area (Å²) in [4.78, 5) is 0. The molecule has 0 aliphatic carbocycles. The summed E-state index contributed by atoms with van der Waals surface area (Å²) < 4.78 is 4.94. The molecule has 0 bridgehead atoms. The number of nitrogens with two attached hydrogens (primary N) is 1. The van der Waals surface area contributed by atoms with Crippen molar-refractivity contribution in [3.05, 3.63) is 36.4 Å². The molecular weight excluding hydrogens is 166 g/mol. The second-order valence-electron chi connectivity index (χ2n) is 2.66. The van der Waals surface area contributed by atoms with Crippen molar-refractivity contribution in [1.29, 1.82) is 0 Å². The zero-order valence-corrected chi connectivity index (χ0v) is 7.53. The lowest BCUT2D eigenvalue weighted by Crippen LogP contribution is -2.06. The van der Waals surface area contributed by atoms with Crippen molar-refractivity contribution in [3.63, 3.8) is 0 Å². The van der Waals surface area contributed by atoms with Crippen molar-refractivity contribution in [2.45, 2.75) is 6.04 Å². The number of aromatic hydroxyl groups is 1. The summed E-state index contributed by atoms with van der Waals surface area (Å²) in [6, 6.07) is 4.82. The zero-order chi connectivity index (χ0) is 9.84. The molecule has 1 atom stereocenters. The number of hydrogen-bond donors (Lipinski definition) is 2. The van der Waals surface area contributed by atoms with Gasteiger partial charge in [-0.25, -0.2) is 0 Å². The number of ether oxygens (including phenoxy) is 1. The quantitative estimate of drug-likeness (QED) is 0.693. The number of hydrogen-bond acceptors (Lipinski definition) is 3. The second kappa shape index (κ2) is 3.96. The first-order valence-corrected chi connectivity index (χ1v) is 3.94. The molecule has 3 nitrogen and oxygen atoms in total. The molecule has 0 spiro atoms. The van der Waals surface area contributed by atoms with Crippen molar-refractivity contribution in [1.82, 2.24) is 0 Å². The lowest BCUT2D eigenvalue weighted by Gasteiger charge is -2.11. The van der Waals surface area contributed by atoms with Crippen molar-refractivity contribution in [3.8, 4) is 11.5 Å². The van der Waals surface area contributed by atoms with Gasteiger partial charge in [-0.2, -0.15) is 0 Å². The highest BCUT2D eigenvalue weighted by Crippen LogP contribution is 2.32. The van der Waals surface area contributed by atoms with Crippen LogP contribution >= 0.6 is 0 Å². The van der Waals surface area contributed by atoms with Gasteiger partial charge in [0.25, 0.3) is 0 Å². The molecule has 1 aromatic carbocycles. The van der Waals surface area contributed by atoms with Crippen LogP contribution in [0, 0.1) is 0 Å². The molecule has 0 amide bonds. The SMILES string of the molecule is C=C[C@@H](N)c1cccc(OC)c1O. The molecule has 1 aromatic rings. The molecule has 1 rings (SSSR count). The predicted molar refractivity (Wildman–Crippen MR) is 51.8 cm³/mol. The van der Waals surface area contributed by atoms with Gasteiger partial charge in [-0.1, -0.05) is 18.2 Å². The molecule has 0 fully saturated rings. The number of phenolic OH excluding ortho intramolecular Hbond substituents is 1. The van der Waals surface area contributed by atoms with Gasteiger partial charge >= 0.3 is 0 Å². The predicted octanol–water partition coefficient (Wildman–Crippen LogP) is 1.59. The standard InChI is InChI=1S/C10H13NO2/c1-3-8(11)7-5-4-6-9(13-2)10(7)12/h3-6,8,12H,1,11H2,2H3/t8-/m1/s1. The maximum Gasteiger partial charge on any atom is 0.162 e. The lowest BCUT2D eigenvalue weighted by atomic mass is 10.1. The van der Waals surface area contributed by atoms with E-state index in [1.165, 1.54) is 7.11 Å². The van der Waals surface area contributed by atoms with Crippen LogP contribution in [0.5, 0.6) is 11.5 Å². The first-order valence-electron chi connectivity index (χ1n) is 3.94. The van der Waals surface area contributed by atoms with E-state index in [4.69, 9.17) is 10.5 Å². The molecular formula is C10H13NO2. The average molecular weight is 179 g/mol. The summed E-state index contributed by atoms with van der Waals surface area (Å²) in [5.41, 5.74) is 6.30. The molecule has 0 heterocycles. The minimum Gasteiger partial charge on any atom is -0.504 e. The number of rotatable bonds is 3. The molecule has 0 saturated carbocycles. The normalized spacial score (nSPS) is 12.2. The fourth-order valence-electron chi connectivity index (χ4n) is 1.10. The molecule has 0 aromatic heterocycles. The molecule has 0 aliphatic rings. The van der Waals surface area contributed by atoms with E-state index >= 15 is 0 Å². The van der Waals surface area contributed by atoms with Crippen LogP contribution < -0.4 is 10.5 Å². The highest BCUT2D eigenvalue weighted by Gasteiger charge is 2.10. The van der Waals surface area contributed by atoms with Crippen molar-refractivity contribution < 1.29 is 9.84 Å². The van der Waals surface area contributed by atoms with E-state index in [0.29, 0.717) is 11.3 Å². The maximum absolute atomic E-state index is 9.64. The zero-order valence-electron chi connectivity index (χ0n) is 7.53. The van der Waals surface area contributed by atoms with E-state index in [9.17, 15) is 5.11 Å². The topological polar surface area (TPSA) is 55.5 Å². The number of benzene rings is 1. The Balaban J connectivity index is 3.14. The first kappa shape index (κ1) is 9.61. The summed E-state index contributed by atoms with van der Waals surface area (Å²) in [6.45, 7) is 3.56. The van der Waals surface area contributed by atoms with E-state index in [-0.39, 0.29) is 11.8 Å². The van der Waals surface area contributed by atoms with E-state index in [0.717, 1.165) is 0 Å². The van der Waals surface area contributed by atoms with E-state index < -0.39 is 0 Å². The summed E-state index contributed by atoms with van der Waals surface area (Å²) in [5, 5.41) is 9.64. The molecule has 70 valence electrons. The van der Waals surface area contributed by atoms with Gasteiger partial charge in [0.1, 0.15) is 0 Å². The van der Waals surface area contributed by atoms with Crippen LogP contribution in [0.2, 0.25) is 0 Å². The van der Waals surface area contributed by atoms with Gasteiger partial charge in [0.2, 0.25) is 0 Å². The van der Waals surface area contributed by atoms with E-state index in [1.54, 1.807) is 24.3 Å². The third-order valence-corrected chi connectivity index (χ3v) is 1.86. The van der Waals surface area contributed by atoms with Crippen molar-refractivity contribution in [2.75, 3.05) is 7.11 Å². The molecule has 13 heavy (non-hydrogen) atoms. The highest BCUT2D eigenvalue weighted by molar-refractivity contribution is 5.47. The fourth-order valence-corrected chi connectivity index (χ4v) is 1.10. The Bertz CT molecular complexity index is 310. The Labute approximate surface area is 77.4 Å². The highest BCUT2D eigenvalue weighted by atomic mass is 16.5. The van der Waals surface area contributed by atoms with Gasteiger partial charge in [-0.15, -0.1) is 6.58 Å². The molecule has 3 heteroatoms. The van der Waals surface area contributed by atoms with Gasteiger partial charge in [-0.05, 0) is 6.07 Å². The van der Waals surface area contributed by atoms with Crippen LogP contribution in [0.1, 0.15) is 11.6 Å². The van der Waals surface area contributed by atoms with Crippen LogP contribution in [0.25, 0.3) is 0 Å². The molecule has 3 N–H and O–H groups in total. The Morgan fingerprint density at radius 3 is 2.85 bits per heavy atom. The van der Waals surface area contributed by atoms with Gasteiger partial charge in [0.05, 0.1) is 13.2 Å². The third kappa shape index (κ3) is 1.81. The van der Waals surface area contributed by atoms with Crippen molar-refractivity contribution in [2.24, 2.45) is 5.73 Å². The molecule has 0 saturated heterocycles. The Morgan fingerprint density at radius 1 is 1.62 bits per heavy atom. The Hall–Kier alpha value is -1.48. The minimum atomic E-state index is -0.366. The van der Waals surface area contributed by atoms with Crippen LogP contribution in [0.3, 0.4) is 0 Å². The smallest absolute Gasteiger partial charge is 0.162 e. The number of para-hydroxylation sites is 1. The maximum atomic E-state index is 9.64. The summed E-state index contributed by atoms with van der Waals surface area (Å²) in [5.74, 6) is 0.507. The number of methoxy groups -OCH3 is 1. The van der Waals surface area contributed by atoms with Gasteiger partial charge in [-0.3, -0.25) is 0 Å². The third-order valence-electron chi connectivity index (χ3n) is 1.86. The van der Waals surface area contributed by atoms with Gasteiger partial charge in [0.15, 0.2) is 11.5 Å². The van der Waals surface area contributed by atoms with Crippen molar-refractivity contribution >= 4 is 0 Å². The monoisotopic (exact) mass is 179 g/mol. The largest absolute Gasteiger partial charge is 0.504 e. The van der Waals surface area contributed by atoms with Crippen LogP contribution in [-0.4, -0.2) is 12.2 Å². The summed E-state index contributed by atoms with van der Waals surface area (Å²) in [7, 11) is 1.50. The van der Waals surface area contributed by atoms with Gasteiger partial charge in [0, 0.05) is 5.56 Å². The second-order valence-corrected chi connectivity index (χ2v) is 2.66. The average Bonchev–Trinajstić information content (AvgIpc) is 2.17. The Kier molecular flexibility index (Phi) is 2.93. The minimum absolute atomic E-state index is 0.0809. The van der Waals surface area contributed by atoms with Crippen LogP contribution in [-0.2, 0) is 0 Å². The molecule has 0 unspecified atom stereocenters.